The van der Waals surface area contributed by atoms with Crippen LogP contribution in [0.4, 0.5) is 0 Å². The first-order valence-electron chi connectivity index (χ1n) is 6.49. The van der Waals surface area contributed by atoms with Crippen LogP contribution in [0.2, 0.25) is 0 Å². The standard InChI is InChI=1S/C13H20N2O3S/c1-9-14-11(8-19-9)7-15-5-3-10(4-6-15)12(16)13(17)18-2/h8,10,12,16H,3-7H2,1-2H3. The Morgan fingerprint density at radius 3 is 2.84 bits per heavy atom. The summed E-state index contributed by atoms with van der Waals surface area (Å²) >= 11 is 1.67. The molecule has 2 rings (SSSR count). The Kier molecular flexibility index (Phi) is 4.90. The first-order valence-corrected chi connectivity index (χ1v) is 7.37. The minimum atomic E-state index is -0.978. The third kappa shape index (κ3) is 3.75. The molecule has 0 spiro atoms. The highest BCUT2D eigenvalue weighted by Crippen LogP contribution is 2.23. The predicted molar refractivity (Wildman–Crippen MR) is 72.9 cm³/mol. The summed E-state index contributed by atoms with van der Waals surface area (Å²) in [7, 11) is 1.31. The van der Waals surface area contributed by atoms with Gasteiger partial charge in [-0.25, -0.2) is 9.78 Å². The SMILES string of the molecule is COC(=O)C(O)C1CCN(Cc2csc(C)n2)CC1. The molecule has 1 N–H and O–H groups in total. The maximum absolute atomic E-state index is 11.3. The molecule has 1 aromatic heterocycles. The number of carbonyl (C=O) groups is 1. The maximum Gasteiger partial charge on any atom is 0.334 e. The first kappa shape index (κ1) is 14.4. The highest BCUT2D eigenvalue weighted by molar-refractivity contribution is 7.09. The van der Waals surface area contributed by atoms with Gasteiger partial charge in [0.2, 0.25) is 0 Å². The summed E-state index contributed by atoms with van der Waals surface area (Å²) in [5.41, 5.74) is 1.11. The molecule has 0 aromatic carbocycles. The average Bonchev–Trinajstić information content (AvgIpc) is 2.83. The van der Waals surface area contributed by atoms with Gasteiger partial charge in [-0.15, -0.1) is 11.3 Å². The Hall–Kier alpha value is -0.980. The van der Waals surface area contributed by atoms with Crippen molar-refractivity contribution < 1.29 is 14.6 Å². The number of methoxy groups -OCH3 is 1. The zero-order chi connectivity index (χ0) is 13.8. The molecule has 1 fully saturated rings. The third-order valence-electron chi connectivity index (χ3n) is 3.57. The van der Waals surface area contributed by atoms with Crippen LogP contribution in [0.1, 0.15) is 23.5 Å². The highest BCUT2D eigenvalue weighted by atomic mass is 32.1. The fraction of sp³-hybridized carbons (Fsp3) is 0.692. The van der Waals surface area contributed by atoms with E-state index >= 15 is 0 Å². The van der Waals surface area contributed by atoms with Gasteiger partial charge < -0.3 is 9.84 Å². The van der Waals surface area contributed by atoms with Crippen molar-refractivity contribution in [3.05, 3.63) is 16.1 Å². The van der Waals surface area contributed by atoms with Crippen molar-refractivity contribution in [2.75, 3.05) is 20.2 Å². The van der Waals surface area contributed by atoms with Gasteiger partial charge in [-0.05, 0) is 38.8 Å². The number of hydrogen-bond acceptors (Lipinski definition) is 6. The van der Waals surface area contributed by atoms with Crippen LogP contribution in [0.15, 0.2) is 5.38 Å². The van der Waals surface area contributed by atoms with E-state index in [1.54, 1.807) is 11.3 Å². The number of nitrogens with zero attached hydrogens (tertiary/aromatic N) is 2. The summed E-state index contributed by atoms with van der Waals surface area (Å²) in [6.45, 7) is 4.63. The van der Waals surface area contributed by atoms with Crippen LogP contribution in [0.25, 0.3) is 0 Å². The number of aromatic nitrogens is 1. The van der Waals surface area contributed by atoms with Gasteiger partial charge in [-0.2, -0.15) is 0 Å². The third-order valence-corrected chi connectivity index (χ3v) is 4.40. The van der Waals surface area contributed by atoms with Gasteiger partial charge in [0, 0.05) is 11.9 Å². The molecule has 2 heterocycles. The van der Waals surface area contributed by atoms with Crippen molar-refractivity contribution in [3.63, 3.8) is 0 Å². The second-order valence-corrected chi connectivity index (χ2v) is 6.00. The van der Waals surface area contributed by atoms with Crippen LogP contribution in [-0.4, -0.2) is 47.3 Å². The number of hydrogen-bond donors (Lipinski definition) is 1. The minimum absolute atomic E-state index is 0.0147. The number of carbonyl (C=O) groups excluding carboxylic acids is 1. The number of rotatable bonds is 4. The predicted octanol–water partition coefficient (Wildman–Crippen LogP) is 1.20. The number of esters is 1. The van der Waals surface area contributed by atoms with E-state index in [9.17, 15) is 9.90 Å². The molecule has 1 saturated heterocycles. The fourth-order valence-corrected chi connectivity index (χ4v) is 3.05. The molecule has 1 aromatic rings. The zero-order valence-electron chi connectivity index (χ0n) is 11.3. The van der Waals surface area contributed by atoms with Crippen molar-refractivity contribution in [1.82, 2.24) is 9.88 Å². The average molecular weight is 284 g/mol. The van der Waals surface area contributed by atoms with Crippen LogP contribution in [0, 0.1) is 12.8 Å². The number of ether oxygens (including phenoxy) is 1. The van der Waals surface area contributed by atoms with Crippen LogP contribution in [0.3, 0.4) is 0 Å². The molecule has 0 saturated carbocycles. The summed E-state index contributed by atoms with van der Waals surface area (Å²) in [6.07, 6.45) is 0.660. The molecular formula is C13H20N2O3S. The summed E-state index contributed by atoms with van der Waals surface area (Å²) in [6, 6.07) is 0. The fourth-order valence-electron chi connectivity index (χ4n) is 2.45. The number of thiazole rings is 1. The molecule has 1 atom stereocenters. The lowest BCUT2D eigenvalue weighted by Gasteiger charge is -2.32. The maximum atomic E-state index is 11.3. The summed E-state index contributed by atoms with van der Waals surface area (Å²) < 4.78 is 4.58. The molecule has 106 valence electrons. The highest BCUT2D eigenvalue weighted by Gasteiger charge is 2.30. The van der Waals surface area contributed by atoms with Crippen molar-refractivity contribution in [3.8, 4) is 0 Å². The largest absolute Gasteiger partial charge is 0.467 e. The van der Waals surface area contributed by atoms with Gasteiger partial charge in [0.1, 0.15) is 0 Å². The topological polar surface area (TPSA) is 62.7 Å². The number of likely N-dealkylation sites (tertiary alicyclic amines) is 1. The summed E-state index contributed by atoms with van der Waals surface area (Å²) in [4.78, 5) is 18.1. The van der Waals surface area contributed by atoms with Crippen molar-refractivity contribution in [2.45, 2.75) is 32.4 Å². The van der Waals surface area contributed by atoms with Crippen molar-refractivity contribution in [1.29, 1.82) is 0 Å². The monoisotopic (exact) mass is 284 g/mol. The van der Waals surface area contributed by atoms with Gasteiger partial charge in [-0.1, -0.05) is 0 Å². The van der Waals surface area contributed by atoms with E-state index in [-0.39, 0.29) is 5.92 Å². The Morgan fingerprint density at radius 1 is 1.63 bits per heavy atom. The van der Waals surface area contributed by atoms with E-state index in [0.717, 1.165) is 43.2 Å². The lowest BCUT2D eigenvalue weighted by Crippen LogP contribution is -2.40. The first-order chi connectivity index (χ1) is 9.10. The molecule has 1 aliphatic heterocycles. The van der Waals surface area contributed by atoms with Gasteiger partial charge in [0.15, 0.2) is 6.10 Å². The van der Waals surface area contributed by atoms with Crippen LogP contribution < -0.4 is 0 Å². The Morgan fingerprint density at radius 2 is 2.32 bits per heavy atom. The molecule has 1 aliphatic rings. The smallest absolute Gasteiger partial charge is 0.334 e. The Labute approximate surface area is 117 Å². The van der Waals surface area contributed by atoms with E-state index in [1.807, 2.05) is 6.92 Å². The van der Waals surface area contributed by atoms with Crippen LogP contribution in [-0.2, 0) is 16.1 Å². The number of aliphatic hydroxyl groups excluding tert-OH is 1. The molecule has 0 amide bonds. The van der Waals surface area contributed by atoms with E-state index in [0.29, 0.717) is 0 Å². The lowest BCUT2D eigenvalue weighted by atomic mass is 9.91. The molecule has 0 radical (unpaired) electrons. The zero-order valence-corrected chi connectivity index (χ0v) is 12.2. The van der Waals surface area contributed by atoms with Gasteiger partial charge in [0.25, 0.3) is 0 Å². The van der Waals surface area contributed by atoms with E-state index in [1.165, 1.54) is 7.11 Å². The molecule has 5 nitrogen and oxygen atoms in total. The Balaban J connectivity index is 1.80. The lowest BCUT2D eigenvalue weighted by molar-refractivity contribution is -0.154. The molecule has 0 bridgehead atoms. The van der Waals surface area contributed by atoms with Crippen molar-refractivity contribution >= 4 is 17.3 Å². The molecular weight excluding hydrogens is 264 g/mol. The van der Waals surface area contributed by atoms with Crippen molar-refractivity contribution in [2.24, 2.45) is 5.92 Å². The van der Waals surface area contributed by atoms with E-state index in [4.69, 9.17) is 0 Å². The quantitative estimate of drug-likeness (QED) is 0.842. The second-order valence-electron chi connectivity index (χ2n) is 4.94. The van der Waals surface area contributed by atoms with Gasteiger partial charge in [-0.3, -0.25) is 4.90 Å². The molecule has 19 heavy (non-hydrogen) atoms. The summed E-state index contributed by atoms with van der Waals surface area (Å²) in [5.74, 6) is -0.505. The van der Waals surface area contributed by atoms with E-state index < -0.39 is 12.1 Å². The summed E-state index contributed by atoms with van der Waals surface area (Å²) in [5, 5.41) is 13.0. The number of aryl methyl sites for hydroxylation is 1. The van der Waals surface area contributed by atoms with Crippen LogP contribution in [0.5, 0.6) is 0 Å². The molecule has 0 aliphatic carbocycles. The molecule has 6 heteroatoms. The van der Waals surface area contributed by atoms with Gasteiger partial charge >= 0.3 is 5.97 Å². The Bertz CT molecular complexity index is 427. The minimum Gasteiger partial charge on any atom is -0.467 e. The number of aliphatic hydroxyl groups is 1. The molecule has 1 unspecified atom stereocenters. The second kappa shape index (κ2) is 6.45. The van der Waals surface area contributed by atoms with E-state index in [2.05, 4.69) is 20.0 Å². The number of piperidine rings is 1. The normalized spacial score (nSPS) is 19.3. The van der Waals surface area contributed by atoms with Crippen LogP contribution >= 0.6 is 11.3 Å². The van der Waals surface area contributed by atoms with Gasteiger partial charge in [0.05, 0.1) is 17.8 Å².